The van der Waals surface area contributed by atoms with Gasteiger partial charge in [-0.05, 0) is 18.2 Å². The lowest BCUT2D eigenvalue weighted by Crippen LogP contribution is -2.14. The molecule has 1 heterocycles. The molecule has 1 aromatic heterocycles. The summed E-state index contributed by atoms with van der Waals surface area (Å²) in [7, 11) is -3.38. The third-order valence-electron chi connectivity index (χ3n) is 2.26. The minimum Gasteiger partial charge on any atom is -0.321 e. The summed E-state index contributed by atoms with van der Waals surface area (Å²) in [6.07, 6.45) is 3.63. The summed E-state index contributed by atoms with van der Waals surface area (Å²) in [6.45, 7) is 0. The average molecular weight is 327 g/mol. The summed E-state index contributed by atoms with van der Waals surface area (Å²) in [4.78, 5) is 19.5. The third-order valence-corrected chi connectivity index (χ3v) is 3.05. The lowest BCUT2D eigenvalue weighted by molar-refractivity contribution is 0.102. The van der Waals surface area contributed by atoms with Crippen molar-refractivity contribution in [2.45, 2.75) is 0 Å². The molecule has 0 atom stereocenters. The molecule has 0 spiro atoms. The smallest absolute Gasteiger partial charge is 0.275 e. The summed E-state index contributed by atoms with van der Waals surface area (Å²) >= 11 is 5.66. The number of nitrogens with one attached hydrogen (secondary N) is 2. The molecule has 0 aliphatic heterocycles. The maximum atomic E-state index is 12.0. The normalized spacial score (nSPS) is 11.0. The van der Waals surface area contributed by atoms with E-state index in [9.17, 15) is 13.2 Å². The van der Waals surface area contributed by atoms with Gasteiger partial charge in [-0.25, -0.2) is 13.4 Å². The number of aromatic nitrogens is 2. The summed E-state index contributed by atoms with van der Waals surface area (Å²) in [5.74, 6) is -0.499. The molecule has 0 radical (unpaired) electrons. The molecule has 1 amide bonds. The fraction of sp³-hybridized carbons (Fsp3) is 0.0833. The number of hydrogen-bond donors (Lipinski definition) is 2. The van der Waals surface area contributed by atoms with Gasteiger partial charge in [-0.3, -0.25) is 14.5 Å². The molecule has 0 fully saturated rings. The molecule has 110 valence electrons. The van der Waals surface area contributed by atoms with Crippen LogP contribution in [-0.2, 0) is 10.0 Å². The van der Waals surface area contributed by atoms with Crippen LogP contribution in [0.25, 0.3) is 0 Å². The molecular formula is C12H11ClN4O3S. The Bertz CT molecular complexity index is 780. The maximum Gasteiger partial charge on any atom is 0.275 e. The van der Waals surface area contributed by atoms with Crippen LogP contribution in [0.4, 0.5) is 11.4 Å². The largest absolute Gasteiger partial charge is 0.321 e. The number of hydrogen-bond acceptors (Lipinski definition) is 5. The van der Waals surface area contributed by atoms with E-state index in [2.05, 4.69) is 20.0 Å². The van der Waals surface area contributed by atoms with Gasteiger partial charge in [-0.1, -0.05) is 17.7 Å². The average Bonchev–Trinajstić information content (AvgIpc) is 2.37. The highest BCUT2D eigenvalue weighted by Gasteiger charge is 2.09. The van der Waals surface area contributed by atoms with Crippen molar-refractivity contribution in [3.8, 4) is 0 Å². The number of benzene rings is 1. The molecule has 9 heteroatoms. The number of halogens is 1. The molecule has 2 N–H and O–H groups in total. The van der Waals surface area contributed by atoms with E-state index >= 15 is 0 Å². The van der Waals surface area contributed by atoms with Crippen molar-refractivity contribution >= 4 is 38.9 Å². The van der Waals surface area contributed by atoms with Crippen molar-refractivity contribution in [2.24, 2.45) is 0 Å². The van der Waals surface area contributed by atoms with Crippen LogP contribution in [-0.4, -0.2) is 30.5 Å². The van der Waals surface area contributed by atoms with Crippen molar-refractivity contribution in [2.75, 3.05) is 16.3 Å². The van der Waals surface area contributed by atoms with Gasteiger partial charge in [0.2, 0.25) is 10.0 Å². The molecule has 0 saturated carbocycles. The fourth-order valence-corrected chi connectivity index (χ4v) is 2.22. The predicted octanol–water partition coefficient (Wildman–Crippen LogP) is 1.75. The van der Waals surface area contributed by atoms with Crippen molar-refractivity contribution in [1.82, 2.24) is 9.97 Å². The number of anilines is 2. The van der Waals surface area contributed by atoms with E-state index in [1.165, 1.54) is 18.5 Å². The van der Waals surface area contributed by atoms with Gasteiger partial charge in [0.05, 0.1) is 24.3 Å². The monoisotopic (exact) mass is 326 g/mol. The van der Waals surface area contributed by atoms with E-state index in [4.69, 9.17) is 11.6 Å². The fourth-order valence-electron chi connectivity index (χ4n) is 1.52. The zero-order chi connectivity index (χ0) is 15.5. The lowest BCUT2D eigenvalue weighted by Gasteiger charge is -2.08. The van der Waals surface area contributed by atoms with E-state index < -0.39 is 15.9 Å². The zero-order valence-electron chi connectivity index (χ0n) is 10.9. The number of carbonyl (C=O) groups excluding carboxylic acids is 1. The minimum atomic E-state index is -3.38. The first-order valence-electron chi connectivity index (χ1n) is 5.70. The molecule has 2 aromatic rings. The molecular weight excluding hydrogens is 316 g/mol. The number of carbonyl (C=O) groups is 1. The predicted molar refractivity (Wildman–Crippen MR) is 79.9 cm³/mol. The third kappa shape index (κ3) is 4.69. The second kappa shape index (κ2) is 6.06. The number of nitrogens with zero attached hydrogens (tertiary/aromatic N) is 2. The highest BCUT2D eigenvalue weighted by Crippen LogP contribution is 2.16. The van der Waals surface area contributed by atoms with Gasteiger partial charge >= 0.3 is 0 Å². The SMILES string of the molecule is CS(=O)(=O)Nc1cccc(NC(=O)c2cncc(Cl)n2)c1. The molecule has 1 aromatic carbocycles. The quantitative estimate of drug-likeness (QED) is 0.891. The Morgan fingerprint density at radius 3 is 2.62 bits per heavy atom. The molecule has 0 aliphatic rings. The van der Waals surface area contributed by atoms with Gasteiger partial charge < -0.3 is 5.32 Å². The van der Waals surface area contributed by atoms with Crippen LogP contribution in [0.3, 0.4) is 0 Å². The molecule has 21 heavy (non-hydrogen) atoms. The van der Waals surface area contributed by atoms with Gasteiger partial charge in [0, 0.05) is 5.69 Å². The second-order valence-corrected chi connectivity index (χ2v) is 6.27. The highest BCUT2D eigenvalue weighted by atomic mass is 35.5. The topological polar surface area (TPSA) is 101 Å². The van der Waals surface area contributed by atoms with Crippen LogP contribution in [0, 0.1) is 0 Å². The van der Waals surface area contributed by atoms with E-state index in [1.54, 1.807) is 18.2 Å². The van der Waals surface area contributed by atoms with Crippen LogP contribution >= 0.6 is 11.6 Å². The first-order chi connectivity index (χ1) is 9.83. The first kappa shape index (κ1) is 15.2. The summed E-state index contributed by atoms with van der Waals surface area (Å²) in [6, 6.07) is 6.27. The van der Waals surface area contributed by atoms with Gasteiger partial charge in [0.25, 0.3) is 5.91 Å². The summed E-state index contributed by atoms with van der Waals surface area (Å²) in [5.41, 5.74) is 0.812. The van der Waals surface area contributed by atoms with E-state index in [-0.39, 0.29) is 10.8 Å². The minimum absolute atomic E-state index is 0.0592. The zero-order valence-corrected chi connectivity index (χ0v) is 12.4. The van der Waals surface area contributed by atoms with Crippen LogP contribution in [0.1, 0.15) is 10.5 Å². The Kier molecular flexibility index (Phi) is 4.39. The molecule has 0 bridgehead atoms. The molecule has 0 unspecified atom stereocenters. The van der Waals surface area contributed by atoms with E-state index in [0.29, 0.717) is 11.4 Å². The molecule has 0 aliphatic carbocycles. The van der Waals surface area contributed by atoms with Crippen LogP contribution in [0.5, 0.6) is 0 Å². The van der Waals surface area contributed by atoms with Crippen LogP contribution < -0.4 is 10.0 Å². The Hall–Kier alpha value is -2.19. The molecule has 0 saturated heterocycles. The Balaban J connectivity index is 2.16. The van der Waals surface area contributed by atoms with E-state index in [0.717, 1.165) is 6.26 Å². The molecule has 2 rings (SSSR count). The Labute approximate surface area is 126 Å². The van der Waals surface area contributed by atoms with Crippen LogP contribution in [0.15, 0.2) is 36.7 Å². The van der Waals surface area contributed by atoms with Gasteiger partial charge in [-0.15, -0.1) is 0 Å². The van der Waals surface area contributed by atoms with E-state index in [1.807, 2.05) is 0 Å². The highest BCUT2D eigenvalue weighted by molar-refractivity contribution is 7.92. The van der Waals surface area contributed by atoms with Crippen molar-refractivity contribution in [1.29, 1.82) is 0 Å². The summed E-state index contributed by atoms with van der Waals surface area (Å²) < 4.78 is 24.6. The number of rotatable bonds is 4. The number of amides is 1. The van der Waals surface area contributed by atoms with Crippen molar-refractivity contribution in [3.05, 3.63) is 47.5 Å². The number of sulfonamides is 1. The standard InChI is InChI=1S/C12H11ClN4O3S/c1-21(19,20)17-9-4-2-3-8(5-9)15-12(18)10-6-14-7-11(13)16-10/h2-7,17H,1H3,(H,15,18). The van der Waals surface area contributed by atoms with Gasteiger partial charge in [0.15, 0.2) is 0 Å². The molecule has 7 nitrogen and oxygen atoms in total. The van der Waals surface area contributed by atoms with Gasteiger partial charge in [-0.2, -0.15) is 0 Å². The van der Waals surface area contributed by atoms with Crippen LogP contribution in [0.2, 0.25) is 5.15 Å². The lowest BCUT2D eigenvalue weighted by atomic mass is 10.3. The maximum absolute atomic E-state index is 12.0. The van der Waals surface area contributed by atoms with Crippen molar-refractivity contribution < 1.29 is 13.2 Å². The Morgan fingerprint density at radius 1 is 1.24 bits per heavy atom. The summed E-state index contributed by atoms with van der Waals surface area (Å²) in [5, 5.41) is 2.68. The van der Waals surface area contributed by atoms with Gasteiger partial charge in [0.1, 0.15) is 10.8 Å². The Morgan fingerprint density at radius 2 is 1.95 bits per heavy atom. The second-order valence-electron chi connectivity index (χ2n) is 4.14. The first-order valence-corrected chi connectivity index (χ1v) is 7.97. The van der Waals surface area contributed by atoms with Crippen molar-refractivity contribution in [3.63, 3.8) is 0 Å².